The molecule has 0 amide bonds. The normalized spacial score (nSPS) is 20.6. The molecule has 1 atom stereocenters. The summed E-state index contributed by atoms with van der Waals surface area (Å²) in [7, 11) is 0. The molecule has 0 radical (unpaired) electrons. The predicted octanol–water partition coefficient (Wildman–Crippen LogP) is 1.85. The van der Waals surface area contributed by atoms with Crippen LogP contribution in [-0.2, 0) is 17.8 Å². The first kappa shape index (κ1) is 13.6. The number of fused-ring (bicyclic) bond motifs is 1. The molecule has 1 aliphatic rings. The highest BCUT2D eigenvalue weighted by Gasteiger charge is 2.22. The number of aryl methyl sites for hydroxylation is 1. The number of hydrogen-bond acceptors (Lipinski definition) is 3. The van der Waals surface area contributed by atoms with Crippen LogP contribution in [0, 0.1) is 0 Å². The van der Waals surface area contributed by atoms with Gasteiger partial charge in [0.05, 0.1) is 25.9 Å². The molecular weight excluding hydrogens is 252 g/mol. The lowest BCUT2D eigenvalue weighted by Gasteiger charge is -2.34. The first-order valence-corrected chi connectivity index (χ1v) is 7.32. The molecular formula is C16H22N2O2. The molecule has 1 fully saturated rings. The van der Waals surface area contributed by atoms with E-state index in [9.17, 15) is 5.11 Å². The van der Waals surface area contributed by atoms with E-state index in [1.807, 2.05) is 0 Å². The van der Waals surface area contributed by atoms with E-state index in [0.717, 1.165) is 26.2 Å². The van der Waals surface area contributed by atoms with Crippen LogP contribution >= 0.6 is 0 Å². The van der Waals surface area contributed by atoms with Crippen LogP contribution in [0.25, 0.3) is 10.9 Å². The number of rotatable bonds is 4. The number of ether oxygens (including phenoxy) is 1. The Labute approximate surface area is 119 Å². The maximum atomic E-state index is 9.43. The molecule has 0 spiro atoms. The van der Waals surface area contributed by atoms with Gasteiger partial charge < -0.3 is 14.4 Å². The minimum absolute atomic E-state index is 0.123. The standard InChI is InChI=1S/C16H22N2O2/c1-2-17-6-5-14-4-3-13(9-16(14)17)10-18-7-8-20-12-15(18)11-19/h3-6,9,15,19H,2,7-8,10-12H2,1H3. The molecule has 4 nitrogen and oxygen atoms in total. The van der Waals surface area contributed by atoms with Crippen molar-refractivity contribution in [2.45, 2.75) is 26.1 Å². The first-order valence-electron chi connectivity index (χ1n) is 7.32. The van der Waals surface area contributed by atoms with Gasteiger partial charge in [-0.1, -0.05) is 12.1 Å². The zero-order chi connectivity index (χ0) is 13.9. The predicted molar refractivity (Wildman–Crippen MR) is 79.7 cm³/mol. The molecule has 1 aromatic heterocycles. The number of aromatic nitrogens is 1. The van der Waals surface area contributed by atoms with Gasteiger partial charge in [0.15, 0.2) is 0 Å². The Bertz CT molecular complexity index is 579. The monoisotopic (exact) mass is 274 g/mol. The fraction of sp³-hybridized carbons (Fsp3) is 0.500. The third kappa shape index (κ3) is 2.59. The SMILES string of the molecule is CCn1ccc2ccc(CN3CCOCC3CO)cc21. The molecule has 3 rings (SSSR count). The summed E-state index contributed by atoms with van der Waals surface area (Å²) < 4.78 is 7.70. The van der Waals surface area contributed by atoms with Gasteiger partial charge in [-0.05, 0) is 30.0 Å². The van der Waals surface area contributed by atoms with Gasteiger partial charge in [-0.3, -0.25) is 4.90 Å². The zero-order valence-corrected chi connectivity index (χ0v) is 12.0. The molecule has 20 heavy (non-hydrogen) atoms. The maximum Gasteiger partial charge on any atom is 0.0644 e. The van der Waals surface area contributed by atoms with Gasteiger partial charge in [0.2, 0.25) is 0 Å². The van der Waals surface area contributed by atoms with Crippen molar-refractivity contribution in [3.05, 3.63) is 36.0 Å². The molecule has 4 heteroatoms. The minimum Gasteiger partial charge on any atom is -0.395 e. The topological polar surface area (TPSA) is 37.6 Å². The molecule has 1 aliphatic heterocycles. The summed E-state index contributed by atoms with van der Waals surface area (Å²) >= 11 is 0. The Balaban J connectivity index is 1.82. The molecule has 0 saturated carbocycles. The highest BCUT2D eigenvalue weighted by atomic mass is 16.5. The summed E-state index contributed by atoms with van der Waals surface area (Å²) in [6, 6.07) is 8.92. The third-order valence-corrected chi connectivity index (χ3v) is 4.12. The van der Waals surface area contributed by atoms with Crippen LogP contribution < -0.4 is 0 Å². The van der Waals surface area contributed by atoms with Crippen molar-refractivity contribution in [1.82, 2.24) is 9.47 Å². The summed E-state index contributed by atoms with van der Waals surface area (Å²) in [4.78, 5) is 2.31. The average molecular weight is 274 g/mol. The van der Waals surface area contributed by atoms with Crippen molar-refractivity contribution in [1.29, 1.82) is 0 Å². The summed E-state index contributed by atoms with van der Waals surface area (Å²) in [6.07, 6.45) is 2.14. The van der Waals surface area contributed by atoms with Gasteiger partial charge in [0.25, 0.3) is 0 Å². The van der Waals surface area contributed by atoms with Gasteiger partial charge in [-0.15, -0.1) is 0 Å². The second-order valence-corrected chi connectivity index (χ2v) is 5.38. The molecule has 0 aliphatic carbocycles. The van der Waals surface area contributed by atoms with Gasteiger partial charge in [0.1, 0.15) is 0 Å². The second kappa shape index (κ2) is 5.95. The Hall–Kier alpha value is -1.36. The lowest BCUT2D eigenvalue weighted by atomic mass is 10.1. The van der Waals surface area contributed by atoms with Crippen LogP contribution in [0.2, 0.25) is 0 Å². The number of aliphatic hydroxyl groups excluding tert-OH is 1. The molecule has 1 N–H and O–H groups in total. The van der Waals surface area contributed by atoms with Gasteiger partial charge in [0, 0.05) is 31.3 Å². The number of nitrogens with zero attached hydrogens (tertiary/aromatic N) is 2. The first-order chi connectivity index (χ1) is 9.81. The lowest BCUT2D eigenvalue weighted by molar-refractivity contribution is -0.0312. The number of hydrogen-bond donors (Lipinski definition) is 1. The van der Waals surface area contributed by atoms with E-state index in [4.69, 9.17) is 4.74 Å². The summed E-state index contributed by atoms with van der Waals surface area (Å²) in [5.41, 5.74) is 2.59. The molecule has 1 aromatic carbocycles. The van der Waals surface area contributed by atoms with E-state index in [1.165, 1.54) is 16.5 Å². The maximum absolute atomic E-state index is 9.43. The van der Waals surface area contributed by atoms with Gasteiger partial charge in [-0.2, -0.15) is 0 Å². The van der Waals surface area contributed by atoms with E-state index >= 15 is 0 Å². The smallest absolute Gasteiger partial charge is 0.0644 e. The van der Waals surface area contributed by atoms with E-state index in [2.05, 4.69) is 46.9 Å². The summed E-state index contributed by atoms with van der Waals surface area (Å²) in [6.45, 7) is 6.46. The van der Waals surface area contributed by atoms with Crippen LogP contribution in [0.3, 0.4) is 0 Å². The third-order valence-electron chi connectivity index (χ3n) is 4.12. The van der Waals surface area contributed by atoms with Crippen molar-refractivity contribution in [2.75, 3.05) is 26.4 Å². The largest absolute Gasteiger partial charge is 0.395 e. The quantitative estimate of drug-likeness (QED) is 0.924. The van der Waals surface area contributed by atoms with Crippen molar-refractivity contribution in [3.63, 3.8) is 0 Å². The van der Waals surface area contributed by atoms with Crippen LogP contribution in [-0.4, -0.2) is 47.0 Å². The van der Waals surface area contributed by atoms with Crippen LogP contribution in [0.15, 0.2) is 30.5 Å². The molecule has 0 bridgehead atoms. The lowest BCUT2D eigenvalue weighted by Crippen LogP contribution is -2.46. The Morgan fingerprint density at radius 3 is 3.05 bits per heavy atom. The zero-order valence-electron chi connectivity index (χ0n) is 12.0. The summed E-state index contributed by atoms with van der Waals surface area (Å²) in [5.74, 6) is 0. The Kier molecular flexibility index (Phi) is 4.05. The van der Waals surface area contributed by atoms with E-state index < -0.39 is 0 Å². The van der Waals surface area contributed by atoms with Crippen molar-refractivity contribution >= 4 is 10.9 Å². The molecule has 1 unspecified atom stereocenters. The highest BCUT2D eigenvalue weighted by molar-refractivity contribution is 5.80. The molecule has 2 aromatic rings. The number of morpholine rings is 1. The van der Waals surface area contributed by atoms with Crippen molar-refractivity contribution in [3.8, 4) is 0 Å². The molecule has 108 valence electrons. The fourth-order valence-corrected chi connectivity index (χ4v) is 2.90. The van der Waals surface area contributed by atoms with Crippen molar-refractivity contribution < 1.29 is 9.84 Å². The Morgan fingerprint density at radius 2 is 2.25 bits per heavy atom. The Morgan fingerprint density at radius 1 is 1.35 bits per heavy atom. The van der Waals surface area contributed by atoms with Gasteiger partial charge >= 0.3 is 0 Å². The molecule has 2 heterocycles. The van der Waals surface area contributed by atoms with Crippen molar-refractivity contribution in [2.24, 2.45) is 0 Å². The van der Waals surface area contributed by atoms with E-state index in [1.54, 1.807) is 0 Å². The van der Waals surface area contributed by atoms with Gasteiger partial charge in [-0.25, -0.2) is 0 Å². The fourth-order valence-electron chi connectivity index (χ4n) is 2.90. The second-order valence-electron chi connectivity index (χ2n) is 5.38. The van der Waals surface area contributed by atoms with E-state index in [-0.39, 0.29) is 12.6 Å². The molecule has 1 saturated heterocycles. The number of aliphatic hydroxyl groups is 1. The van der Waals surface area contributed by atoms with Crippen LogP contribution in [0.4, 0.5) is 0 Å². The minimum atomic E-state index is 0.123. The number of benzene rings is 1. The average Bonchev–Trinajstić information content (AvgIpc) is 2.90. The van der Waals surface area contributed by atoms with Crippen LogP contribution in [0.1, 0.15) is 12.5 Å². The summed E-state index contributed by atoms with van der Waals surface area (Å²) in [5, 5.41) is 10.7. The van der Waals surface area contributed by atoms with Crippen LogP contribution in [0.5, 0.6) is 0 Å². The highest BCUT2D eigenvalue weighted by Crippen LogP contribution is 2.20. The van der Waals surface area contributed by atoms with E-state index in [0.29, 0.717) is 6.61 Å².